The number of fused-ring (bicyclic) bond motifs is 1. The Kier molecular flexibility index (Phi) is 5.96. The van der Waals surface area contributed by atoms with E-state index < -0.39 is 24.7 Å². The number of nitrogens with zero attached hydrogens (tertiary/aromatic N) is 2. The van der Waals surface area contributed by atoms with Crippen molar-refractivity contribution in [3.63, 3.8) is 0 Å². The average molecular weight is 374 g/mol. The predicted molar refractivity (Wildman–Crippen MR) is 88.3 cm³/mol. The molecule has 10 heteroatoms. The van der Waals surface area contributed by atoms with Crippen LogP contribution in [0.15, 0.2) is 24.3 Å². The van der Waals surface area contributed by atoms with Crippen LogP contribution in [0.3, 0.4) is 0 Å². The van der Waals surface area contributed by atoms with Crippen LogP contribution in [0.4, 0.5) is 18.0 Å². The van der Waals surface area contributed by atoms with Crippen molar-refractivity contribution >= 4 is 33.5 Å². The van der Waals surface area contributed by atoms with E-state index >= 15 is 0 Å². The van der Waals surface area contributed by atoms with E-state index in [0.717, 1.165) is 15.2 Å². The zero-order valence-corrected chi connectivity index (χ0v) is 14.4. The van der Waals surface area contributed by atoms with Gasteiger partial charge in [-0.3, -0.25) is 15.0 Å². The molecular weight excluding hydrogens is 357 g/mol. The van der Waals surface area contributed by atoms with Gasteiger partial charge in [0, 0.05) is 0 Å². The number of likely N-dealkylation sites (N-methyl/N-ethyl adjacent to an activating group) is 1. The number of rotatable bonds is 5. The van der Waals surface area contributed by atoms with Crippen LogP contribution in [0.5, 0.6) is 0 Å². The second kappa shape index (κ2) is 7.79. The zero-order valence-electron chi connectivity index (χ0n) is 13.6. The van der Waals surface area contributed by atoms with Gasteiger partial charge in [-0.2, -0.15) is 13.2 Å². The van der Waals surface area contributed by atoms with Crippen LogP contribution in [-0.4, -0.2) is 48.1 Å². The number of halogens is 3. The van der Waals surface area contributed by atoms with Crippen molar-refractivity contribution in [3.05, 3.63) is 29.3 Å². The third-order valence-electron chi connectivity index (χ3n) is 3.42. The average Bonchev–Trinajstić information content (AvgIpc) is 2.95. The molecule has 2 N–H and O–H groups in total. The summed E-state index contributed by atoms with van der Waals surface area (Å²) in [6.45, 7) is 0.204. The van der Waals surface area contributed by atoms with E-state index in [-0.39, 0.29) is 12.6 Å². The standard InChI is InChI=1S/C15H17F3N4O2S/c1-9(13-20-10-5-3-4-6-11(10)25-13)22(2)7-12(23)21-14(24)19-8-15(16,17)18/h3-6,9H,7-8H2,1-2H3,(H2,19,21,23,24)/t9-/m1/s1. The molecule has 6 nitrogen and oxygen atoms in total. The van der Waals surface area contributed by atoms with Gasteiger partial charge in [-0.25, -0.2) is 9.78 Å². The van der Waals surface area contributed by atoms with Crippen molar-refractivity contribution < 1.29 is 22.8 Å². The molecule has 136 valence electrons. The van der Waals surface area contributed by atoms with Gasteiger partial charge in [0.15, 0.2) is 0 Å². The number of nitrogens with one attached hydrogen (secondary N) is 2. The van der Waals surface area contributed by atoms with E-state index in [9.17, 15) is 22.8 Å². The summed E-state index contributed by atoms with van der Waals surface area (Å²) < 4.78 is 37.0. The van der Waals surface area contributed by atoms with E-state index in [1.165, 1.54) is 11.3 Å². The largest absolute Gasteiger partial charge is 0.405 e. The van der Waals surface area contributed by atoms with Crippen molar-refractivity contribution in [2.24, 2.45) is 0 Å². The summed E-state index contributed by atoms with van der Waals surface area (Å²) in [4.78, 5) is 29.2. The van der Waals surface area contributed by atoms with Gasteiger partial charge in [0.05, 0.1) is 22.8 Å². The fraction of sp³-hybridized carbons (Fsp3) is 0.400. The highest BCUT2D eigenvalue weighted by Gasteiger charge is 2.28. The first-order valence-electron chi connectivity index (χ1n) is 7.36. The molecule has 3 amide bonds. The fourth-order valence-corrected chi connectivity index (χ4v) is 3.10. The van der Waals surface area contributed by atoms with Crippen LogP contribution in [0.1, 0.15) is 18.0 Å². The van der Waals surface area contributed by atoms with Crippen LogP contribution in [0.2, 0.25) is 0 Å². The number of benzene rings is 1. The van der Waals surface area contributed by atoms with Crippen LogP contribution in [-0.2, 0) is 4.79 Å². The van der Waals surface area contributed by atoms with Crippen molar-refractivity contribution in [2.45, 2.75) is 19.1 Å². The molecule has 2 aromatic rings. The van der Waals surface area contributed by atoms with Crippen LogP contribution < -0.4 is 10.6 Å². The highest BCUT2D eigenvalue weighted by Crippen LogP contribution is 2.28. The molecule has 0 fully saturated rings. The van der Waals surface area contributed by atoms with Crippen molar-refractivity contribution in [2.75, 3.05) is 20.1 Å². The Hall–Kier alpha value is -2.20. The van der Waals surface area contributed by atoms with Gasteiger partial charge in [-0.1, -0.05) is 12.1 Å². The van der Waals surface area contributed by atoms with Crippen molar-refractivity contribution in [3.8, 4) is 0 Å². The number of para-hydroxylation sites is 1. The van der Waals surface area contributed by atoms with Crippen LogP contribution >= 0.6 is 11.3 Å². The van der Waals surface area contributed by atoms with Gasteiger partial charge in [-0.15, -0.1) is 11.3 Å². The minimum Gasteiger partial charge on any atom is -0.329 e. The molecule has 0 aliphatic heterocycles. The number of carbonyl (C=O) groups excluding carboxylic acids is 2. The van der Waals surface area contributed by atoms with Crippen molar-refractivity contribution in [1.29, 1.82) is 0 Å². The number of alkyl halides is 3. The third kappa shape index (κ3) is 5.68. The van der Waals surface area contributed by atoms with Gasteiger partial charge >= 0.3 is 12.2 Å². The smallest absolute Gasteiger partial charge is 0.329 e. The van der Waals surface area contributed by atoms with E-state index in [2.05, 4.69) is 4.98 Å². The maximum absolute atomic E-state index is 12.0. The van der Waals surface area contributed by atoms with Crippen LogP contribution in [0.25, 0.3) is 10.2 Å². The normalized spacial score (nSPS) is 13.0. The molecule has 0 aliphatic rings. The summed E-state index contributed by atoms with van der Waals surface area (Å²) in [6.07, 6.45) is -4.53. The van der Waals surface area contributed by atoms with E-state index in [4.69, 9.17) is 0 Å². The summed E-state index contributed by atoms with van der Waals surface area (Å²) in [5.74, 6) is -0.699. The Morgan fingerprint density at radius 2 is 2.00 bits per heavy atom. The Morgan fingerprint density at radius 1 is 1.32 bits per heavy atom. The molecule has 0 saturated heterocycles. The molecule has 0 radical (unpaired) electrons. The summed E-state index contributed by atoms with van der Waals surface area (Å²) in [5, 5.41) is 4.25. The van der Waals surface area contributed by atoms with Crippen molar-refractivity contribution in [1.82, 2.24) is 20.5 Å². The molecule has 0 saturated carbocycles. The number of urea groups is 1. The third-order valence-corrected chi connectivity index (χ3v) is 4.63. The van der Waals surface area contributed by atoms with Gasteiger partial charge in [-0.05, 0) is 26.1 Å². The Bertz CT molecular complexity index is 730. The van der Waals surface area contributed by atoms with E-state index in [1.54, 1.807) is 17.3 Å². The lowest BCUT2D eigenvalue weighted by Crippen LogP contribution is -2.46. The first-order valence-corrected chi connectivity index (χ1v) is 8.17. The van der Waals surface area contributed by atoms with Gasteiger partial charge in [0.25, 0.3) is 0 Å². The lowest BCUT2D eigenvalue weighted by atomic mass is 10.3. The minimum absolute atomic E-state index is 0.156. The maximum atomic E-state index is 12.0. The number of hydrogen-bond donors (Lipinski definition) is 2. The minimum atomic E-state index is -4.53. The van der Waals surface area contributed by atoms with Gasteiger partial charge < -0.3 is 5.32 Å². The Balaban J connectivity index is 1.88. The Labute approximate surface area is 146 Å². The number of hydrogen-bond acceptors (Lipinski definition) is 5. The maximum Gasteiger partial charge on any atom is 0.405 e. The van der Waals surface area contributed by atoms with Gasteiger partial charge in [0.2, 0.25) is 5.91 Å². The molecule has 1 aromatic heterocycles. The topological polar surface area (TPSA) is 74.3 Å². The summed E-state index contributed by atoms with van der Waals surface area (Å²) in [5.41, 5.74) is 0.860. The predicted octanol–water partition coefficient (Wildman–Crippen LogP) is 2.68. The summed E-state index contributed by atoms with van der Waals surface area (Å²) in [6, 6.07) is 6.25. The monoisotopic (exact) mass is 374 g/mol. The highest BCUT2D eigenvalue weighted by atomic mass is 32.1. The van der Waals surface area contributed by atoms with Crippen LogP contribution in [0, 0.1) is 0 Å². The molecule has 25 heavy (non-hydrogen) atoms. The van der Waals surface area contributed by atoms with E-state index in [0.29, 0.717) is 0 Å². The molecule has 1 aromatic carbocycles. The fourth-order valence-electron chi connectivity index (χ4n) is 2.01. The summed E-state index contributed by atoms with van der Waals surface area (Å²) in [7, 11) is 1.67. The van der Waals surface area contributed by atoms with Gasteiger partial charge in [0.1, 0.15) is 11.6 Å². The number of thiazole rings is 1. The number of imide groups is 1. The molecule has 1 heterocycles. The Morgan fingerprint density at radius 3 is 2.64 bits per heavy atom. The molecule has 0 bridgehead atoms. The molecular formula is C15H17F3N4O2S. The lowest BCUT2D eigenvalue weighted by molar-refractivity contribution is -0.125. The zero-order chi connectivity index (χ0) is 18.6. The lowest BCUT2D eigenvalue weighted by Gasteiger charge is -2.22. The quantitative estimate of drug-likeness (QED) is 0.844. The first kappa shape index (κ1) is 19.1. The number of aromatic nitrogens is 1. The summed E-state index contributed by atoms with van der Waals surface area (Å²) >= 11 is 1.50. The number of amides is 3. The second-order valence-electron chi connectivity index (χ2n) is 5.46. The SMILES string of the molecule is C[C@H](c1nc2ccccc2s1)N(C)CC(=O)NC(=O)NCC(F)(F)F. The first-order chi connectivity index (χ1) is 11.7. The molecule has 0 spiro atoms. The highest BCUT2D eigenvalue weighted by molar-refractivity contribution is 7.18. The molecule has 0 aliphatic carbocycles. The van der Waals surface area contributed by atoms with E-state index in [1.807, 2.05) is 36.5 Å². The molecule has 0 unspecified atom stereocenters. The second-order valence-corrected chi connectivity index (χ2v) is 6.52. The molecule has 1 atom stereocenters. The number of carbonyl (C=O) groups is 2. The molecule has 2 rings (SSSR count).